The highest BCUT2D eigenvalue weighted by molar-refractivity contribution is 7.07. The van der Waals surface area contributed by atoms with Crippen molar-refractivity contribution in [2.24, 2.45) is 0 Å². The quantitative estimate of drug-likeness (QED) is 0.772. The Bertz CT molecular complexity index is 735. The summed E-state index contributed by atoms with van der Waals surface area (Å²) in [6.07, 6.45) is 0.296. The average Bonchev–Trinajstić information content (AvgIpc) is 3.08. The first-order chi connectivity index (χ1) is 11.9. The molecule has 2 amide bonds. The van der Waals surface area contributed by atoms with Crippen LogP contribution in [0.1, 0.15) is 29.9 Å². The zero-order chi connectivity index (χ0) is 18.4. The Morgan fingerprint density at radius 3 is 2.68 bits per heavy atom. The maximum atomic E-state index is 12.5. The largest absolute Gasteiger partial charge is 0.489 e. The van der Waals surface area contributed by atoms with Gasteiger partial charge in [0.25, 0.3) is 5.91 Å². The lowest BCUT2D eigenvalue weighted by molar-refractivity contribution is -0.122. The van der Waals surface area contributed by atoms with E-state index in [9.17, 15) is 9.59 Å². The number of nitrogens with one attached hydrogen (secondary N) is 2. The SMILES string of the molecule is CNC(=O)C(Cc1cscn1)NC(=O)c1ccc(OC(C)C)c(Cl)c1. The van der Waals surface area contributed by atoms with Crippen LogP contribution in [0.15, 0.2) is 29.1 Å². The molecule has 2 rings (SSSR count). The molecule has 1 atom stereocenters. The predicted octanol–water partition coefficient (Wildman–Crippen LogP) is 2.67. The van der Waals surface area contributed by atoms with E-state index < -0.39 is 6.04 Å². The van der Waals surface area contributed by atoms with Gasteiger partial charge in [-0.05, 0) is 32.0 Å². The Morgan fingerprint density at radius 1 is 1.36 bits per heavy atom. The molecular formula is C17H20ClN3O3S. The third-order valence-corrected chi connectivity index (χ3v) is 4.25. The summed E-state index contributed by atoms with van der Waals surface area (Å²) in [5.74, 6) is -0.160. The van der Waals surface area contributed by atoms with Crippen molar-refractivity contribution in [2.45, 2.75) is 32.4 Å². The van der Waals surface area contributed by atoms with Gasteiger partial charge in [0.05, 0.1) is 22.3 Å². The molecule has 8 heteroatoms. The molecule has 2 N–H and O–H groups in total. The molecule has 0 fully saturated rings. The van der Waals surface area contributed by atoms with E-state index in [4.69, 9.17) is 16.3 Å². The van der Waals surface area contributed by atoms with Crippen LogP contribution in [0.4, 0.5) is 0 Å². The normalized spacial score (nSPS) is 11.9. The third kappa shape index (κ3) is 5.44. The second-order valence-corrected chi connectivity index (χ2v) is 6.76. The minimum atomic E-state index is -0.718. The van der Waals surface area contributed by atoms with E-state index in [-0.39, 0.29) is 17.9 Å². The number of benzene rings is 1. The monoisotopic (exact) mass is 381 g/mol. The van der Waals surface area contributed by atoms with Crippen LogP contribution in [-0.2, 0) is 11.2 Å². The van der Waals surface area contributed by atoms with Crippen molar-refractivity contribution in [1.29, 1.82) is 0 Å². The first-order valence-corrected chi connectivity index (χ1v) is 9.08. The average molecular weight is 382 g/mol. The number of carbonyl (C=O) groups excluding carboxylic acids is 2. The maximum Gasteiger partial charge on any atom is 0.251 e. The topological polar surface area (TPSA) is 80.3 Å². The van der Waals surface area contributed by atoms with Gasteiger partial charge in [-0.3, -0.25) is 9.59 Å². The molecule has 0 radical (unpaired) electrons. The van der Waals surface area contributed by atoms with Crippen LogP contribution in [0.2, 0.25) is 5.02 Å². The van der Waals surface area contributed by atoms with E-state index in [1.54, 1.807) is 17.6 Å². The van der Waals surface area contributed by atoms with Gasteiger partial charge >= 0.3 is 0 Å². The minimum absolute atomic E-state index is 0.0204. The van der Waals surface area contributed by atoms with Crippen LogP contribution in [-0.4, -0.2) is 36.0 Å². The van der Waals surface area contributed by atoms with E-state index in [0.717, 1.165) is 5.69 Å². The van der Waals surface area contributed by atoms with Crippen molar-refractivity contribution in [2.75, 3.05) is 7.05 Å². The third-order valence-electron chi connectivity index (χ3n) is 3.32. The Kier molecular flexibility index (Phi) is 6.78. The smallest absolute Gasteiger partial charge is 0.251 e. The molecule has 0 saturated heterocycles. The molecule has 0 bridgehead atoms. The van der Waals surface area contributed by atoms with Crippen molar-refractivity contribution in [3.05, 3.63) is 45.4 Å². The number of thiazole rings is 1. The van der Waals surface area contributed by atoms with Gasteiger partial charge in [0.1, 0.15) is 11.8 Å². The molecule has 0 aliphatic rings. The van der Waals surface area contributed by atoms with Crippen molar-refractivity contribution in [3.63, 3.8) is 0 Å². The lowest BCUT2D eigenvalue weighted by atomic mass is 10.1. The number of hydrogen-bond donors (Lipinski definition) is 2. The minimum Gasteiger partial charge on any atom is -0.489 e. The highest BCUT2D eigenvalue weighted by atomic mass is 35.5. The number of aromatic nitrogens is 1. The number of halogens is 1. The second-order valence-electron chi connectivity index (χ2n) is 5.64. The van der Waals surface area contributed by atoms with Gasteiger partial charge in [-0.25, -0.2) is 4.98 Å². The molecule has 1 unspecified atom stereocenters. The molecule has 6 nitrogen and oxygen atoms in total. The van der Waals surface area contributed by atoms with Gasteiger partial charge in [0.15, 0.2) is 0 Å². The fourth-order valence-electron chi connectivity index (χ4n) is 2.16. The Labute approximate surface area is 155 Å². The Hall–Kier alpha value is -2.12. The van der Waals surface area contributed by atoms with Crippen LogP contribution in [0.5, 0.6) is 5.75 Å². The zero-order valence-electron chi connectivity index (χ0n) is 14.2. The van der Waals surface area contributed by atoms with Crippen LogP contribution in [0.25, 0.3) is 0 Å². The summed E-state index contributed by atoms with van der Waals surface area (Å²) >= 11 is 7.60. The molecule has 134 valence electrons. The van der Waals surface area contributed by atoms with Gasteiger partial charge in [0, 0.05) is 24.4 Å². The molecule has 0 saturated carbocycles. The van der Waals surface area contributed by atoms with Gasteiger partial charge in [-0.2, -0.15) is 0 Å². The summed E-state index contributed by atoms with van der Waals surface area (Å²) in [7, 11) is 1.53. The van der Waals surface area contributed by atoms with Gasteiger partial charge in [-0.15, -0.1) is 11.3 Å². The van der Waals surface area contributed by atoms with Crippen LogP contribution in [0, 0.1) is 0 Å². The fraction of sp³-hybridized carbons (Fsp3) is 0.353. The van der Waals surface area contributed by atoms with Crippen molar-refractivity contribution >= 4 is 34.8 Å². The lowest BCUT2D eigenvalue weighted by Gasteiger charge is -2.17. The summed E-state index contributed by atoms with van der Waals surface area (Å²) in [6, 6.07) is 4.07. The first kappa shape index (κ1) is 19.2. The number of likely N-dealkylation sites (N-methyl/N-ethyl adjacent to an activating group) is 1. The summed E-state index contributed by atoms with van der Waals surface area (Å²) in [5.41, 5.74) is 2.79. The molecule has 1 aromatic carbocycles. The molecule has 0 aliphatic carbocycles. The van der Waals surface area contributed by atoms with Crippen LogP contribution in [0.3, 0.4) is 0 Å². The summed E-state index contributed by atoms with van der Waals surface area (Å²) in [5, 5.41) is 7.47. The number of hydrogen-bond acceptors (Lipinski definition) is 5. The Balaban J connectivity index is 2.12. The van der Waals surface area contributed by atoms with E-state index in [0.29, 0.717) is 22.8 Å². The van der Waals surface area contributed by atoms with Gasteiger partial charge < -0.3 is 15.4 Å². The number of amides is 2. The molecule has 0 spiro atoms. The number of ether oxygens (including phenoxy) is 1. The molecule has 1 heterocycles. The zero-order valence-corrected chi connectivity index (χ0v) is 15.8. The van der Waals surface area contributed by atoms with Gasteiger partial charge in [0.2, 0.25) is 5.91 Å². The van der Waals surface area contributed by atoms with Crippen molar-refractivity contribution in [1.82, 2.24) is 15.6 Å². The standard InChI is InChI=1S/C17H20ClN3O3S/c1-10(2)24-15-5-4-11(6-13(15)18)16(22)21-14(17(23)19-3)7-12-8-25-9-20-12/h4-6,8-10,14H,7H2,1-3H3,(H,19,23)(H,21,22). The lowest BCUT2D eigenvalue weighted by Crippen LogP contribution is -2.47. The van der Waals surface area contributed by atoms with Gasteiger partial charge in [-0.1, -0.05) is 11.6 Å². The summed E-state index contributed by atoms with van der Waals surface area (Å²) < 4.78 is 5.55. The fourth-order valence-corrected chi connectivity index (χ4v) is 2.96. The molecular weight excluding hydrogens is 362 g/mol. The van der Waals surface area contributed by atoms with E-state index in [1.165, 1.54) is 24.5 Å². The highest BCUT2D eigenvalue weighted by Crippen LogP contribution is 2.26. The summed E-state index contributed by atoms with van der Waals surface area (Å²) in [4.78, 5) is 28.7. The number of rotatable bonds is 7. The maximum absolute atomic E-state index is 12.5. The van der Waals surface area contributed by atoms with Crippen molar-refractivity contribution < 1.29 is 14.3 Å². The van der Waals surface area contributed by atoms with Crippen LogP contribution < -0.4 is 15.4 Å². The van der Waals surface area contributed by atoms with Crippen LogP contribution >= 0.6 is 22.9 Å². The molecule has 25 heavy (non-hydrogen) atoms. The second kappa shape index (κ2) is 8.82. The number of carbonyl (C=O) groups is 2. The van der Waals surface area contributed by atoms with E-state index in [2.05, 4.69) is 15.6 Å². The Morgan fingerprint density at radius 2 is 2.12 bits per heavy atom. The molecule has 1 aromatic heterocycles. The van der Waals surface area contributed by atoms with E-state index >= 15 is 0 Å². The number of nitrogens with zero attached hydrogens (tertiary/aromatic N) is 1. The van der Waals surface area contributed by atoms with Crippen molar-refractivity contribution in [3.8, 4) is 5.75 Å². The molecule has 0 aliphatic heterocycles. The highest BCUT2D eigenvalue weighted by Gasteiger charge is 2.22. The summed E-state index contributed by atoms with van der Waals surface area (Å²) in [6.45, 7) is 3.78. The first-order valence-electron chi connectivity index (χ1n) is 7.76. The predicted molar refractivity (Wildman–Crippen MR) is 98.4 cm³/mol. The molecule has 2 aromatic rings. The van der Waals surface area contributed by atoms with E-state index in [1.807, 2.05) is 19.2 Å².